The topological polar surface area (TPSA) is 24.5 Å². The Labute approximate surface area is 99.5 Å². The lowest BCUT2D eigenvalue weighted by Gasteiger charge is -2.31. The molecule has 1 unspecified atom stereocenters. The lowest BCUT2D eigenvalue weighted by molar-refractivity contribution is 0.165. The molecule has 0 aromatic heterocycles. The third-order valence-corrected chi connectivity index (χ3v) is 4.18. The predicted octanol–water partition coefficient (Wildman–Crippen LogP) is 1.49. The lowest BCUT2D eigenvalue weighted by atomic mass is 10.0. The molecule has 0 amide bonds. The van der Waals surface area contributed by atoms with Crippen molar-refractivity contribution in [1.29, 1.82) is 0 Å². The number of nitrogens with one attached hydrogen (secondary N) is 1. The summed E-state index contributed by atoms with van der Waals surface area (Å²) in [5.41, 5.74) is 0.589. The van der Waals surface area contributed by atoms with Crippen LogP contribution in [0.1, 0.15) is 32.1 Å². The number of hydrogen-bond acceptors (Lipinski definition) is 3. The van der Waals surface area contributed by atoms with E-state index in [-0.39, 0.29) is 0 Å². The average molecular weight is 226 g/mol. The molecule has 1 saturated carbocycles. The van der Waals surface area contributed by atoms with E-state index in [0.29, 0.717) is 5.41 Å². The normalized spacial score (nSPS) is 29.2. The van der Waals surface area contributed by atoms with Crippen LogP contribution in [0.25, 0.3) is 0 Å². The molecule has 1 heterocycles. The number of hydrogen-bond donors (Lipinski definition) is 1. The zero-order chi connectivity index (χ0) is 11.4. The van der Waals surface area contributed by atoms with Crippen LogP contribution >= 0.6 is 0 Å². The van der Waals surface area contributed by atoms with E-state index in [1.807, 2.05) is 0 Å². The first-order chi connectivity index (χ1) is 7.74. The Hall–Kier alpha value is -0.120. The highest BCUT2D eigenvalue weighted by molar-refractivity contribution is 4.95. The number of likely N-dealkylation sites (N-methyl/N-ethyl adjacent to an activating group) is 1. The van der Waals surface area contributed by atoms with Crippen molar-refractivity contribution in [3.05, 3.63) is 0 Å². The maximum absolute atomic E-state index is 5.19. The first-order valence-electron chi connectivity index (χ1n) is 6.65. The van der Waals surface area contributed by atoms with Gasteiger partial charge in [0.2, 0.25) is 0 Å². The molecule has 1 aliphatic carbocycles. The molecule has 94 valence electrons. The summed E-state index contributed by atoms with van der Waals surface area (Å²) in [4.78, 5) is 2.44. The molecular weight excluding hydrogens is 200 g/mol. The Morgan fingerprint density at radius 2 is 2.25 bits per heavy atom. The predicted molar refractivity (Wildman–Crippen MR) is 66.7 cm³/mol. The van der Waals surface area contributed by atoms with Gasteiger partial charge in [-0.25, -0.2) is 0 Å². The Kier molecular flexibility index (Phi) is 4.22. The zero-order valence-corrected chi connectivity index (χ0v) is 10.8. The third-order valence-electron chi connectivity index (χ3n) is 4.18. The number of nitrogens with zero attached hydrogens (tertiary/aromatic N) is 1. The number of rotatable bonds is 6. The fourth-order valence-electron chi connectivity index (χ4n) is 2.70. The van der Waals surface area contributed by atoms with Crippen LogP contribution in [0, 0.1) is 5.41 Å². The van der Waals surface area contributed by atoms with E-state index in [1.54, 1.807) is 7.11 Å². The van der Waals surface area contributed by atoms with Crippen LogP contribution in [0.5, 0.6) is 0 Å². The van der Waals surface area contributed by atoms with Crippen molar-refractivity contribution >= 4 is 0 Å². The summed E-state index contributed by atoms with van der Waals surface area (Å²) in [6.07, 6.45) is 6.72. The van der Waals surface area contributed by atoms with Crippen molar-refractivity contribution in [1.82, 2.24) is 10.2 Å². The number of piperidine rings is 1. The maximum Gasteiger partial charge on any atom is 0.0468 e. The van der Waals surface area contributed by atoms with Crippen LogP contribution in [0.2, 0.25) is 0 Å². The molecule has 3 nitrogen and oxygen atoms in total. The monoisotopic (exact) mass is 226 g/mol. The van der Waals surface area contributed by atoms with Gasteiger partial charge >= 0.3 is 0 Å². The second-order valence-electron chi connectivity index (χ2n) is 5.73. The van der Waals surface area contributed by atoms with Gasteiger partial charge in [-0.3, -0.25) is 0 Å². The summed E-state index contributed by atoms with van der Waals surface area (Å²) in [5.74, 6) is 0. The number of methoxy groups -OCH3 is 1. The fourth-order valence-corrected chi connectivity index (χ4v) is 2.70. The first kappa shape index (κ1) is 12.3. The molecule has 1 atom stereocenters. The number of ether oxygens (including phenoxy) is 1. The molecular formula is C13H26N2O. The summed E-state index contributed by atoms with van der Waals surface area (Å²) in [6.45, 7) is 4.62. The van der Waals surface area contributed by atoms with Gasteiger partial charge in [-0.2, -0.15) is 0 Å². The summed E-state index contributed by atoms with van der Waals surface area (Å²) >= 11 is 0. The Balaban J connectivity index is 1.66. The second kappa shape index (κ2) is 5.48. The summed E-state index contributed by atoms with van der Waals surface area (Å²) in [6, 6.07) is 0.721. The van der Waals surface area contributed by atoms with Gasteiger partial charge < -0.3 is 15.0 Å². The molecule has 0 aromatic carbocycles. The van der Waals surface area contributed by atoms with Crippen molar-refractivity contribution in [2.45, 2.75) is 38.1 Å². The Bertz CT molecular complexity index is 216. The van der Waals surface area contributed by atoms with Gasteiger partial charge in [-0.15, -0.1) is 0 Å². The van der Waals surface area contributed by atoms with E-state index in [2.05, 4.69) is 17.3 Å². The standard InChI is InChI=1S/C13H26N2O/c1-15-8-3-4-12(10-15)14-11-13(5-6-13)7-9-16-2/h12,14H,3-11H2,1-2H3. The summed E-state index contributed by atoms with van der Waals surface area (Å²) in [7, 11) is 4.03. The highest BCUT2D eigenvalue weighted by atomic mass is 16.5. The van der Waals surface area contributed by atoms with E-state index < -0.39 is 0 Å². The minimum Gasteiger partial charge on any atom is -0.385 e. The van der Waals surface area contributed by atoms with E-state index in [0.717, 1.165) is 12.6 Å². The Morgan fingerprint density at radius 3 is 2.88 bits per heavy atom. The van der Waals surface area contributed by atoms with Gasteiger partial charge in [-0.05, 0) is 51.1 Å². The van der Waals surface area contributed by atoms with E-state index in [9.17, 15) is 0 Å². The van der Waals surface area contributed by atoms with E-state index >= 15 is 0 Å². The zero-order valence-electron chi connectivity index (χ0n) is 10.8. The molecule has 0 bridgehead atoms. The van der Waals surface area contributed by atoms with Gasteiger partial charge in [0.15, 0.2) is 0 Å². The van der Waals surface area contributed by atoms with Crippen molar-refractivity contribution in [3.63, 3.8) is 0 Å². The highest BCUT2D eigenvalue weighted by Gasteiger charge is 2.41. The Morgan fingerprint density at radius 1 is 1.44 bits per heavy atom. The molecule has 0 spiro atoms. The molecule has 2 fully saturated rings. The SMILES string of the molecule is COCCC1(CNC2CCCN(C)C2)CC1. The molecule has 2 aliphatic rings. The molecule has 16 heavy (non-hydrogen) atoms. The minimum absolute atomic E-state index is 0.589. The lowest BCUT2D eigenvalue weighted by Crippen LogP contribution is -2.45. The van der Waals surface area contributed by atoms with Crippen molar-refractivity contribution in [3.8, 4) is 0 Å². The van der Waals surface area contributed by atoms with Crippen molar-refractivity contribution < 1.29 is 4.74 Å². The van der Waals surface area contributed by atoms with Crippen LogP contribution in [0.15, 0.2) is 0 Å². The van der Waals surface area contributed by atoms with Gasteiger partial charge in [0.05, 0.1) is 0 Å². The smallest absolute Gasteiger partial charge is 0.0468 e. The van der Waals surface area contributed by atoms with Crippen LogP contribution < -0.4 is 5.32 Å². The van der Waals surface area contributed by atoms with Gasteiger partial charge in [-0.1, -0.05) is 0 Å². The van der Waals surface area contributed by atoms with E-state index in [1.165, 1.54) is 51.7 Å². The molecule has 1 N–H and O–H groups in total. The number of likely N-dealkylation sites (tertiary alicyclic amines) is 1. The van der Waals surface area contributed by atoms with Gasteiger partial charge in [0, 0.05) is 32.8 Å². The summed E-state index contributed by atoms with van der Waals surface area (Å²) < 4.78 is 5.19. The van der Waals surface area contributed by atoms with Crippen LogP contribution in [-0.2, 0) is 4.74 Å². The van der Waals surface area contributed by atoms with Crippen LogP contribution in [-0.4, -0.2) is 51.3 Å². The minimum atomic E-state index is 0.589. The molecule has 0 radical (unpaired) electrons. The van der Waals surface area contributed by atoms with Gasteiger partial charge in [0.1, 0.15) is 0 Å². The first-order valence-corrected chi connectivity index (χ1v) is 6.65. The molecule has 2 rings (SSSR count). The third kappa shape index (κ3) is 3.44. The summed E-state index contributed by atoms with van der Waals surface area (Å²) in [5, 5.41) is 3.77. The van der Waals surface area contributed by atoms with Crippen LogP contribution in [0.3, 0.4) is 0 Å². The molecule has 1 saturated heterocycles. The average Bonchev–Trinajstić information content (AvgIpc) is 3.05. The quantitative estimate of drug-likeness (QED) is 0.742. The van der Waals surface area contributed by atoms with Crippen molar-refractivity contribution in [2.75, 3.05) is 40.4 Å². The molecule has 0 aromatic rings. The highest BCUT2D eigenvalue weighted by Crippen LogP contribution is 2.48. The maximum atomic E-state index is 5.19. The largest absolute Gasteiger partial charge is 0.385 e. The second-order valence-corrected chi connectivity index (χ2v) is 5.73. The van der Waals surface area contributed by atoms with Crippen molar-refractivity contribution in [2.24, 2.45) is 5.41 Å². The van der Waals surface area contributed by atoms with Crippen LogP contribution in [0.4, 0.5) is 0 Å². The fraction of sp³-hybridized carbons (Fsp3) is 1.00. The molecule has 1 aliphatic heterocycles. The van der Waals surface area contributed by atoms with E-state index in [4.69, 9.17) is 4.74 Å². The van der Waals surface area contributed by atoms with Gasteiger partial charge in [0.25, 0.3) is 0 Å². The molecule has 3 heteroatoms.